The van der Waals surface area contributed by atoms with Gasteiger partial charge >= 0.3 is 0 Å². The molecular weight excluding hydrogens is 342 g/mol. The van der Waals surface area contributed by atoms with Crippen molar-refractivity contribution < 1.29 is 9.59 Å². The zero-order valence-corrected chi connectivity index (χ0v) is 15.4. The lowest BCUT2D eigenvalue weighted by atomic mass is 10.2. The van der Waals surface area contributed by atoms with Crippen LogP contribution in [0.4, 0.5) is 22.7 Å². The lowest BCUT2D eigenvalue weighted by Gasteiger charge is -2.19. The number of nitrogens with two attached hydrogens (primary N) is 1. The summed E-state index contributed by atoms with van der Waals surface area (Å²) in [5.74, 6) is -1.22. The fourth-order valence-electron chi connectivity index (χ4n) is 2.36. The van der Waals surface area contributed by atoms with E-state index in [-0.39, 0.29) is 5.57 Å². The molecule has 0 aliphatic carbocycles. The number of carbonyl (C=O) groups excluding carboxylic acids is 2. The average molecular weight is 363 g/mol. The summed E-state index contributed by atoms with van der Waals surface area (Å²) in [4.78, 5) is 27.6. The van der Waals surface area contributed by atoms with Gasteiger partial charge in [-0.15, -0.1) is 0 Å². The van der Waals surface area contributed by atoms with E-state index in [2.05, 4.69) is 5.32 Å². The Morgan fingerprint density at radius 1 is 1.11 bits per heavy atom. The van der Waals surface area contributed by atoms with Crippen LogP contribution in [0.5, 0.6) is 0 Å². The molecule has 0 aliphatic rings. The predicted octanol–water partition coefficient (Wildman–Crippen LogP) is 2.73. The molecule has 138 valence electrons. The second-order valence-electron chi connectivity index (χ2n) is 6.01. The summed E-state index contributed by atoms with van der Waals surface area (Å²) in [7, 11) is 3.83. The van der Waals surface area contributed by atoms with Gasteiger partial charge in [-0.1, -0.05) is 6.07 Å². The van der Waals surface area contributed by atoms with Crippen LogP contribution in [0.15, 0.2) is 60.3 Å². The minimum Gasteiger partial charge on any atom is -0.399 e. The molecule has 0 saturated heterocycles. The topological polar surface area (TPSA) is 102 Å². The number of anilines is 4. The van der Waals surface area contributed by atoms with Crippen molar-refractivity contribution >= 4 is 34.6 Å². The Balaban J connectivity index is 2.28. The second-order valence-corrected chi connectivity index (χ2v) is 6.01. The zero-order valence-electron chi connectivity index (χ0n) is 15.4. The molecule has 27 heavy (non-hydrogen) atoms. The second kappa shape index (κ2) is 8.54. The zero-order chi connectivity index (χ0) is 20.0. The van der Waals surface area contributed by atoms with Crippen molar-refractivity contribution in [3.05, 3.63) is 60.3 Å². The monoisotopic (exact) mass is 363 g/mol. The molecule has 0 spiro atoms. The van der Waals surface area contributed by atoms with Gasteiger partial charge in [0.1, 0.15) is 11.6 Å². The highest BCUT2D eigenvalue weighted by atomic mass is 16.2. The van der Waals surface area contributed by atoms with Gasteiger partial charge in [0.25, 0.3) is 5.91 Å². The molecule has 2 rings (SSSR count). The molecule has 2 aromatic carbocycles. The van der Waals surface area contributed by atoms with Crippen LogP contribution in [0, 0.1) is 11.3 Å². The van der Waals surface area contributed by atoms with Gasteiger partial charge in [-0.3, -0.25) is 9.59 Å². The highest BCUT2D eigenvalue weighted by Crippen LogP contribution is 2.20. The Morgan fingerprint density at radius 2 is 1.78 bits per heavy atom. The first-order valence-corrected chi connectivity index (χ1v) is 8.18. The van der Waals surface area contributed by atoms with Crippen LogP contribution < -0.4 is 20.9 Å². The number of nitrogen functional groups attached to an aromatic ring is 1. The Bertz CT molecular complexity index is 911. The van der Waals surface area contributed by atoms with Crippen molar-refractivity contribution in [1.29, 1.82) is 5.26 Å². The van der Waals surface area contributed by atoms with Crippen molar-refractivity contribution in [2.75, 3.05) is 34.9 Å². The number of imide groups is 1. The van der Waals surface area contributed by atoms with Gasteiger partial charge in [-0.25, -0.2) is 4.90 Å². The van der Waals surface area contributed by atoms with E-state index in [1.807, 2.05) is 49.3 Å². The molecule has 0 fully saturated rings. The maximum Gasteiger partial charge on any atom is 0.277 e. The molecule has 0 bridgehead atoms. The molecule has 0 radical (unpaired) electrons. The summed E-state index contributed by atoms with van der Waals surface area (Å²) in [5.41, 5.74) is 7.98. The van der Waals surface area contributed by atoms with Gasteiger partial charge < -0.3 is 16.0 Å². The van der Waals surface area contributed by atoms with Crippen LogP contribution in [-0.2, 0) is 9.59 Å². The lowest BCUT2D eigenvalue weighted by molar-refractivity contribution is -0.123. The van der Waals surface area contributed by atoms with E-state index in [9.17, 15) is 14.9 Å². The third-order valence-corrected chi connectivity index (χ3v) is 3.77. The molecule has 0 aromatic heterocycles. The van der Waals surface area contributed by atoms with Crippen molar-refractivity contribution in [2.45, 2.75) is 6.92 Å². The van der Waals surface area contributed by atoms with Crippen molar-refractivity contribution in [3.63, 3.8) is 0 Å². The van der Waals surface area contributed by atoms with Crippen LogP contribution in [0.2, 0.25) is 0 Å². The maximum absolute atomic E-state index is 12.7. The Hall–Kier alpha value is -3.79. The number of amides is 2. The standard InChI is InChI=1S/C20H21N5O2/c1-14(26)25(18-9-7-16(22)8-10-18)20(27)15(12-21)13-23-17-5-4-6-19(11-17)24(2)3/h4-11,13,23H,22H2,1-3H3/b15-13-. The first kappa shape index (κ1) is 19.5. The number of nitriles is 1. The highest BCUT2D eigenvalue weighted by molar-refractivity contribution is 6.21. The van der Waals surface area contributed by atoms with E-state index in [0.29, 0.717) is 17.1 Å². The van der Waals surface area contributed by atoms with E-state index < -0.39 is 11.8 Å². The predicted molar refractivity (Wildman–Crippen MR) is 107 cm³/mol. The van der Waals surface area contributed by atoms with Gasteiger partial charge in [0.2, 0.25) is 5.91 Å². The SMILES string of the molecule is CC(=O)N(C(=O)/C(C#N)=C\Nc1cccc(N(C)C)c1)c1ccc(N)cc1. The quantitative estimate of drug-likeness (QED) is 0.481. The summed E-state index contributed by atoms with van der Waals surface area (Å²) in [6, 6.07) is 15.6. The lowest BCUT2D eigenvalue weighted by Crippen LogP contribution is -2.36. The number of benzene rings is 2. The van der Waals surface area contributed by atoms with E-state index in [4.69, 9.17) is 5.73 Å². The first-order valence-electron chi connectivity index (χ1n) is 8.18. The number of nitrogens with one attached hydrogen (secondary N) is 1. The normalized spacial score (nSPS) is 10.7. The highest BCUT2D eigenvalue weighted by Gasteiger charge is 2.23. The Kier molecular flexibility index (Phi) is 6.18. The number of hydrogen-bond acceptors (Lipinski definition) is 6. The van der Waals surface area contributed by atoms with Crippen molar-refractivity contribution in [3.8, 4) is 6.07 Å². The van der Waals surface area contributed by atoms with Gasteiger partial charge in [-0.05, 0) is 42.5 Å². The van der Waals surface area contributed by atoms with Crippen LogP contribution in [0.1, 0.15) is 6.92 Å². The van der Waals surface area contributed by atoms with Crippen molar-refractivity contribution in [1.82, 2.24) is 0 Å². The molecule has 7 nitrogen and oxygen atoms in total. The summed E-state index contributed by atoms with van der Waals surface area (Å²) >= 11 is 0. The van der Waals surface area contributed by atoms with Gasteiger partial charge in [0.05, 0.1) is 5.69 Å². The minimum atomic E-state index is -0.717. The summed E-state index contributed by atoms with van der Waals surface area (Å²) < 4.78 is 0. The van der Waals surface area contributed by atoms with E-state index in [0.717, 1.165) is 10.6 Å². The molecule has 2 amide bonds. The van der Waals surface area contributed by atoms with E-state index in [1.54, 1.807) is 24.3 Å². The Morgan fingerprint density at radius 3 is 2.33 bits per heavy atom. The summed E-state index contributed by atoms with van der Waals surface area (Å²) in [6.45, 7) is 1.26. The third-order valence-electron chi connectivity index (χ3n) is 3.77. The summed E-state index contributed by atoms with van der Waals surface area (Å²) in [5, 5.41) is 12.3. The third kappa shape index (κ3) is 4.86. The van der Waals surface area contributed by atoms with E-state index in [1.165, 1.54) is 13.1 Å². The molecule has 0 saturated carbocycles. The number of nitrogens with zero attached hydrogens (tertiary/aromatic N) is 3. The van der Waals surface area contributed by atoms with Gasteiger partial charge in [0, 0.05) is 44.3 Å². The maximum atomic E-state index is 12.7. The fraction of sp³-hybridized carbons (Fsp3) is 0.150. The smallest absolute Gasteiger partial charge is 0.277 e. The number of rotatable bonds is 5. The average Bonchev–Trinajstić information content (AvgIpc) is 2.64. The van der Waals surface area contributed by atoms with Gasteiger partial charge in [-0.2, -0.15) is 5.26 Å². The van der Waals surface area contributed by atoms with Crippen LogP contribution >= 0.6 is 0 Å². The van der Waals surface area contributed by atoms with Crippen molar-refractivity contribution in [2.24, 2.45) is 0 Å². The molecule has 3 N–H and O–H groups in total. The molecule has 0 heterocycles. The molecule has 7 heteroatoms. The van der Waals surface area contributed by atoms with Crippen LogP contribution in [-0.4, -0.2) is 25.9 Å². The minimum absolute atomic E-state index is 0.197. The fourth-order valence-corrected chi connectivity index (χ4v) is 2.36. The number of hydrogen-bond donors (Lipinski definition) is 2. The van der Waals surface area contributed by atoms with Crippen LogP contribution in [0.3, 0.4) is 0 Å². The first-order chi connectivity index (χ1) is 12.8. The van der Waals surface area contributed by atoms with Gasteiger partial charge in [0.15, 0.2) is 0 Å². The molecule has 2 aromatic rings. The largest absolute Gasteiger partial charge is 0.399 e. The van der Waals surface area contributed by atoms with E-state index >= 15 is 0 Å². The molecule has 0 aliphatic heterocycles. The molecular formula is C20H21N5O2. The molecule has 0 unspecified atom stereocenters. The summed E-state index contributed by atoms with van der Waals surface area (Å²) in [6.07, 6.45) is 1.30. The Labute approximate surface area is 158 Å². The van der Waals surface area contributed by atoms with Crippen LogP contribution in [0.25, 0.3) is 0 Å². The molecule has 0 atom stereocenters. The number of carbonyl (C=O) groups is 2.